The number of carbonyl (C=O) groups is 2. The minimum absolute atomic E-state index is 0.157. The molecule has 0 unspecified atom stereocenters. The summed E-state index contributed by atoms with van der Waals surface area (Å²) in [5.74, 6) is 1.46. The lowest BCUT2D eigenvalue weighted by Crippen LogP contribution is -2.21. The fraction of sp³-hybridized carbons (Fsp3) is 0.529. The van der Waals surface area contributed by atoms with Gasteiger partial charge in [-0.15, -0.1) is 0 Å². The molecule has 0 amide bonds. The van der Waals surface area contributed by atoms with Gasteiger partial charge in [-0.25, -0.2) is 9.59 Å². The van der Waals surface area contributed by atoms with Crippen molar-refractivity contribution in [1.82, 2.24) is 0 Å². The van der Waals surface area contributed by atoms with Gasteiger partial charge in [0.05, 0.1) is 13.2 Å². The van der Waals surface area contributed by atoms with E-state index in [2.05, 4.69) is 19.1 Å². The number of ether oxygens (including phenoxy) is 4. The molecule has 214 valence electrons. The van der Waals surface area contributed by atoms with Crippen LogP contribution in [-0.2, 0) is 25.5 Å². The van der Waals surface area contributed by atoms with E-state index in [0.29, 0.717) is 36.5 Å². The minimum atomic E-state index is -0.353. The average Bonchev–Trinajstić information content (AvgIpc) is 3.01. The average molecular weight is 547 g/mol. The molecule has 0 bridgehead atoms. The zero-order valence-electron chi connectivity index (χ0n) is 23.8. The van der Waals surface area contributed by atoms with Crippen LogP contribution in [0.5, 0.6) is 11.5 Å². The highest BCUT2D eigenvalue weighted by Gasteiger charge is 2.21. The molecule has 2 saturated carbocycles. The van der Waals surface area contributed by atoms with Crippen LogP contribution in [0.1, 0.15) is 76.7 Å². The Morgan fingerprint density at radius 2 is 1.12 bits per heavy atom. The summed E-state index contributed by atoms with van der Waals surface area (Å²) in [5.41, 5.74) is 1.14. The first-order valence-corrected chi connectivity index (χ1v) is 15.2. The molecule has 2 aliphatic carbocycles. The van der Waals surface area contributed by atoms with Gasteiger partial charge in [0, 0.05) is 21.5 Å². The van der Waals surface area contributed by atoms with Crippen molar-refractivity contribution >= 4 is 33.5 Å². The van der Waals surface area contributed by atoms with Gasteiger partial charge in [0.15, 0.2) is 13.2 Å². The van der Waals surface area contributed by atoms with Crippen LogP contribution in [0.25, 0.3) is 21.5 Å². The van der Waals surface area contributed by atoms with E-state index in [0.717, 1.165) is 59.2 Å². The monoisotopic (exact) mass is 546 g/mol. The number of esters is 2. The first-order valence-electron chi connectivity index (χ1n) is 15.2. The molecule has 0 aliphatic heterocycles. The molecule has 0 aromatic heterocycles. The Morgan fingerprint density at radius 1 is 0.650 bits per heavy atom. The Labute approximate surface area is 237 Å². The lowest BCUT2D eigenvalue weighted by Gasteiger charge is -2.22. The van der Waals surface area contributed by atoms with Crippen molar-refractivity contribution in [2.45, 2.75) is 77.6 Å². The third-order valence-corrected chi connectivity index (χ3v) is 8.48. The van der Waals surface area contributed by atoms with Gasteiger partial charge in [0.25, 0.3) is 0 Å². The van der Waals surface area contributed by atoms with E-state index in [-0.39, 0.29) is 25.2 Å². The van der Waals surface area contributed by atoms with Crippen molar-refractivity contribution in [3.63, 3.8) is 0 Å². The molecule has 6 heteroatoms. The summed E-state index contributed by atoms with van der Waals surface area (Å²) in [5, 5.41) is 3.34. The highest BCUT2D eigenvalue weighted by molar-refractivity contribution is 6.11. The van der Waals surface area contributed by atoms with Crippen LogP contribution in [0.2, 0.25) is 0 Å². The van der Waals surface area contributed by atoms with Gasteiger partial charge in [-0.2, -0.15) is 0 Å². The molecule has 0 radical (unpaired) electrons. The minimum Gasteiger partial charge on any atom is -0.481 e. The van der Waals surface area contributed by atoms with E-state index in [1.807, 2.05) is 30.3 Å². The Bertz CT molecular complexity index is 1300. The lowest BCUT2D eigenvalue weighted by molar-refractivity contribution is -0.148. The molecule has 0 spiro atoms. The summed E-state index contributed by atoms with van der Waals surface area (Å²) >= 11 is 0. The molecule has 3 aromatic carbocycles. The number of fused-ring (bicyclic) bond motifs is 2. The molecule has 0 heterocycles. The molecular formula is C34H42O6. The summed E-state index contributed by atoms with van der Waals surface area (Å²) in [6, 6.07) is 14.0. The third kappa shape index (κ3) is 7.07. The smallest absolute Gasteiger partial charge is 0.344 e. The number of hydrogen-bond acceptors (Lipinski definition) is 6. The molecule has 2 fully saturated rings. The summed E-state index contributed by atoms with van der Waals surface area (Å²) in [4.78, 5) is 25.3. The van der Waals surface area contributed by atoms with Crippen molar-refractivity contribution in [2.24, 2.45) is 11.8 Å². The van der Waals surface area contributed by atoms with Gasteiger partial charge in [-0.3, -0.25) is 0 Å². The van der Waals surface area contributed by atoms with Crippen LogP contribution in [0.3, 0.4) is 0 Å². The Kier molecular flexibility index (Phi) is 9.80. The Morgan fingerprint density at radius 3 is 1.62 bits per heavy atom. The van der Waals surface area contributed by atoms with Gasteiger partial charge in [0.2, 0.25) is 0 Å². The van der Waals surface area contributed by atoms with Crippen LogP contribution in [0.15, 0.2) is 42.5 Å². The molecule has 0 saturated heterocycles. The van der Waals surface area contributed by atoms with Crippen molar-refractivity contribution in [3.05, 3.63) is 48.0 Å². The topological polar surface area (TPSA) is 71.1 Å². The summed E-state index contributed by atoms with van der Waals surface area (Å²) in [7, 11) is 0. The third-order valence-electron chi connectivity index (χ3n) is 8.48. The van der Waals surface area contributed by atoms with Crippen LogP contribution < -0.4 is 9.47 Å². The maximum atomic E-state index is 12.7. The van der Waals surface area contributed by atoms with Crippen molar-refractivity contribution < 1.29 is 28.5 Å². The summed E-state index contributed by atoms with van der Waals surface area (Å²) in [6.07, 6.45) is 12.7. The van der Waals surface area contributed by atoms with E-state index in [9.17, 15) is 9.59 Å². The van der Waals surface area contributed by atoms with Crippen LogP contribution in [0, 0.1) is 11.8 Å². The number of rotatable bonds is 11. The van der Waals surface area contributed by atoms with Crippen molar-refractivity contribution in [2.75, 3.05) is 26.4 Å². The first-order chi connectivity index (χ1) is 19.6. The lowest BCUT2D eigenvalue weighted by atomic mass is 9.90. The summed E-state index contributed by atoms with van der Waals surface area (Å²) < 4.78 is 23.5. The van der Waals surface area contributed by atoms with E-state index >= 15 is 0 Å². The van der Waals surface area contributed by atoms with E-state index in [1.165, 1.54) is 38.5 Å². The van der Waals surface area contributed by atoms with Crippen LogP contribution >= 0.6 is 0 Å². The zero-order valence-corrected chi connectivity index (χ0v) is 23.8. The molecule has 6 nitrogen and oxygen atoms in total. The second-order valence-electron chi connectivity index (χ2n) is 11.4. The molecule has 2 aliphatic rings. The molecule has 40 heavy (non-hydrogen) atoms. The molecule has 0 atom stereocenters. The number of benzene rings is 3. The van der Waals surface area contributed by atoms with Gasteiger partial charge in [-0.05, 0) is 55.6 Å². The second-order valence-corrected chi connectivity index (χ2v) is 11.4. The SMILES string of the molecule is CCc1ccc2c(OCC(=O)OCC3CCCCC3)c3ccccc3c(OCC(=O)OCC3CCCCC3)c2c1. The van der Waals surface area contributed by atoms with Crippen molar-refractivity contribution in [3.8, 4) is 11.5 Å². The quantitative estimate of drug-likeness (QED) is 0.183. The van der Waals surface area contributed by atoms with Crippen LogP contribution in [-0.4, -0.2) is 38.4 Å². The number of aryl methyl sites for hydroxylation is 1. The molecular weight excluding hydrogens is 504 g/mol. The largest absolute Gasteiger partial charge is 0.481 e. The molecule has 0 N–H and O–H groups in total. The second kappa shape index (κ2) is 13.9. The predicted molar refractivity (Wildman–Crippen MR) is 157 cm³/mol. The molecule has 5 rings (SSSR count). The highest BCUT2D eigenvalue weighted by Crippen LogP contribution is 2.43. The zero-order chi connectivity index (χ0) is 27.7. The van der Waals surface area contributed by atoms with Gasteiger partial charge >= 0.3 is 11.9 Å². The first kappa shape index (κ1) is 28.3. The standard InChI is InChI=1S/C34H42O6/c1-2-24-17-18-29-30(19-24)34(40-23-32(36)38-21-26-13-7-4-8-14-26)28-16-10-9-15-27(28)33(29)39-22-31(35)37-20-25-11-5-3-6-12-25/h9-10,15-19,25-26H,2-8,11-14,20-23H2,1H3. The van der Waals surface area contributed by atoms with E-state index in [1.54, 1.807) is 0 Å². The van der Waals surface area contributed by atoms with Gasteiger partial charge in [0.1, 0.15) is 11.5 Å². The van der Waals surface area contributed by atoms with Crippen LogP contribution in [0.4, 0.5) is 0 Å². The fourth-order valence-corrected chi connectivity index (χ4v) is 6.15. The number of hydrogen-bond donors (Lipinski definition) is 0. The Hall–Kier alpha value is -3.28. The summed E-state index contributed by atoms with van der Waals surface area (Å²) in [6.45, 7) is 2.72. The number of carbonyl (C=O) groups excluding carboxylic acids is 2. The van der Waals surface area contributed by atoms with Gasteiger partial charge in [-0.1, -0.05) is 81.8 Å². The maximum absolute atomic E-state index is 12.7. The van der Waals surface area contributed by atoms with Crippen molar-refractivity contribution in [1.29, 1.82) is 0 Å². The normalized spacial score (nSPS) is 16.6. The predicted octanol–water partition coefficient (Wildman–Crippen LogP) is 7.56. The molecule has 3 aromatic rings. The van der Waals surface area contributed by atoms with E-state index < -0.39 is 0 Å². The van der Waals surface area contributed by atoms with E-state index in [4.69, 9.17) is 18.9 Å². The highest BCUT2D eigenvalue weighted by atomic mass is 16.6. The Balaban J connectivity index is 1.34. The van der Waals surface area contributed by atoms with Gasteiger partial charge < -0.3 is 18.9 Å². The maximum Gasteiger partial charge on any atom is 0.344 e. The fourth-order valence-electron chi connectivity index (χ4n) is 6.15.